The summed E-state index contributed by atoms with van der Waals surface area (Å²) in [6, 6.07) is 10.2. The molecule has 1 amide bonds. The van der Waals surface area contributed by atoms with E-state index in [-0.39, 0.29) is 47.1 Å². The van der Waals surface area contributed by atoms with Crippen LogP contribution in [-0.4, -0.2) is 109 Å². The molecule has 9 atom stereocenters. The number of nitrogens with zero attached hydrogens (tertiary/aromatic N) is 2. The summed E-state index contributed by atoms with van der Waals surface area (Å²) in [5, 5.41) is 80.6. The number of anilines is 1. The van der Waals surface area contributed by atoms with Crippen molar-refractivity contribution in [2.75, 3.05) is 24.7 Å². The van der Waals surface area contributed by atoms with Crippen LogP contribution in [0.5, 0.6) is 17.2 Å². The molecule has 2 spiro atoms. The van der Waals surface area contributed by atoms with Gasteiger partial charge in [-0.3, -0.25) is 14.6 Å². The number of amides is 1. The summed E-state index contributed by atoms with van der Waals surface area (Å²) in [5.41, 5.74) is -0.604. The number of phenols is 2. The second-order valence-corrected chi connectivity index (χ2v) is 19.7. The molecule has 0 radical (unpaired) electrons. The lowest BCUT2D eigenvalue weighted by Crippen LogP contribution is -2.58. The van der Waals surface area contributed by atoms with Crippen molar-refractivity contribution in [3.8, 4) is 17.2 Å². The quantitative estimate of drug-likeness (QED) is 0.0510. The topological polar surface area (TPSA) is 244 Å². The molecule has 16 nitrogen and oxygen atoms in total. The van der Waals surface area contributed by atoms with Crippen molar-refractivity contribution in [2.24, 2.45) is 22.2 Å². The molecule has 6 aliphatic rings. The number of aliphatic imine (C=N–C) groups is 1. The average Bonchev–Trinajstić information content (AvgIpc) is 4.02. The molecule has 1 aromatic heterocycles. The molecule has 16 heteroatoms. The molecule has 68 heavy (non-hydrogen) atoms. The highest BCUT2D eigenvalue weighted by molar-refractivity contribution is 5.97. The highest BCUT2D eigenvalue weighted by Crippen LogP contribution is 2.56. The van der Waals surface area contributed by atoms with Gasteiger partial charge in [-0.2, -0.15) is 0 Å². The number of aliphatic hydroxyl groups excluding tert-OH is 4. The van der Waals surface area contributed by atoms with Crippen LogP contribution in [0.25, 0.3) is 21.7 Å². The summed E-state index contributed by atoms with van der Waals surface area (Å²) in [4.78, 5) is 46.9. The lowest BCUT2D eigenvalue weighted by molar-refractivity contribution is -0.373. The highest BCUT2D eigenvalue weighted by Gasteiger charge is 2.57. The van der Waals surface area contributed by atoms with Crippen LogP contribution < -0.4 is 20.4 Å². The maximum absolute atomic E-state index is 13.9. The number of aryl methyl sites for hydroxylation is 1. The lowest BCUT2D eigenvalue weighted by atomic mass is 9.60. The largest absolute Gasteiger partial charge is 0.508 e. The van der Waals surface area contributed by atoms with Gasteiger partial charge >= 0.3 is 0 Å². The van der Waals surface area contributed by atoms with E-state index in [9.17, 15) is 45.3 Å². The zero-order chi connectivity index (χ0) is 47.7. The summed E-state index contributed by atoms with van der Waals surface area (Å²) in [6.45, 7) is 2.62. The Balaban J connectivity index is 1.06. The molecule has 5 heterocycles. The number of ether oxygens (including phenoxy) is 1. The summed E-state index contributed by atoms with van der Waals surface area (Å²) in [6.07, 6.45) is 8.77. The number of fused-ring (bicyclic) bond motifs is 4. The Kier molecular flexibility index (Phi) is 12.0. The van der Waals surface area contributed by atoms with Gasteiger partial charge in [0, 0.05) is 60.8 Å². The molecule has 2 aliphatic carbocycles. The maximum atomic E-state index is 13.9. The van der Waals surface area contributed by atoms with E-state index < -0.39 is 60.7 Å². The lowest BCUT2D eigenvalue weighted by Gasteiger charge is -2.49. The van der Waals surface area contributed by atoms with Crippen LogP contribution in [0.3, 0.4) is 0 Å². The predicted octanol–water partition coefficient (Wildman–Crippen LogP) is 4.82. The van der Waals surface area contributed by atoms with Crippen molar-refractivity contribution in [3.63, 3.8) is 0 Å². The standard InChI is InChI=1S/C52H59N3O13/c1-3-39-34-13-17-53-38(34)25-55(39)44-46-31(19-36-41(59)18-28(2)66-47(36)44)20-43(52(67-46)16-7-8-30(23-52)37-24-54-49(63)50(37)14-5-4-6-15-50)68-65-27-51(64,48(62)45(61)42(60)26-56)22-29-9-12-40(58)33-11-10-32(57)21-35(29)33/h7-13,17-19,21,25,30,37,39,42-43,45,48,56-58,60-62,64H,3-6,14-16,20,22-24,26-27H2,1-2H3,(H,54,63). The van der Waals surface area contributed by atoms with Crippen molar-refractivity contribution in [1.29, 1.82) is 0 Å². The molecular weight excluding hydrogens is 875 g/mol. The third kappa shape index (κ3) is 7.70. The van der Waals surface area contributed by atoms with Gasteiger partial charge in [0.05, 0.1) is 29.1 Å². The van der Waals surface area contributed by atoms with E-state index in [4.69, 9.17) is 18.9 Å². The Morgan fingerprint density at radius 3 is 2.62 bits per heavy atom. The van der Waals surface area contributed by atoms with E-state index in [2.05, 4.69) is 34.3 Å². The second-order valence-electron chi connectivity index (χ2n) is 19.7. The van der Waals surface area contributed by atoms with Gasteiger partial charge < -0.3 is 55.1 Å². The van der Waals surface area contributed by atoms with Crippen LogP contribution in [0, 0.1) is 24.2 Å². The fourth-order valence-electron chi connectivity index (χ4n) is 12.1. The monoisotopic (exact) mass is 933 g/mol. The number of phenolic OH excluding ortho intramolecular Hbond substituents is 2. The van der Waals surface area contributed by atoms with Crippen LogP contribution in [0.2, 0.25) is 0 Å². The van der Waals surface area contributed by atoms with Gasteiger partial charge in [-0.1, -0.05) is 44.4 Å². The Bertz CT molecular complexity index is 2830. The van der Waals surface area contributed by atoms with Crippen molar-refractivity contribution in [2.45, 2.75) is 120 Å². The minimum absolute atomic E-state index is 0.0387. The van der Waals surface area contributed by atoms with Crippen molar-refractivity contribution in [3.05, 3.63) is 105 Å². The molecule has 360 valence electrons. The highest BCUT2D eigenvalue weighted by atomic mass is 17.2. The summed E-state index contributed by atoms with van der Waals surface area (Å²) < 4.78 is 13.9. The van der Waals surface area contributed by atoms with Crippen molar-refractivity contribution < 1.29 is 59.5 Å². The van der Waals surface area contributed by atoms with E-state index in [0.717, 1.165) is 43.4 Å². The molecule has 2 fully saturated rings. The molecule has 0 bridgehead atoms. The fraction of sp³-hybridized carbons (Fsp3) is 0.481. The molecule has 9 unspecified atom stereocenters. The van der Waals surface area contributed by atoms with Gasteiger partial charge in [0.1, 0.15) is 65.2 Å². The average molecular weight is 934 g/mol. The third-order valence-electron chi connectivity index (χ3n) is 15.7. The van der Waals surface area contributed by atoms with Gasteiger partial charge in [0.15, 0.2) is 16.8 Å². The summed E-state index contributed by atoms with van der Waals surface area (Å²) in [5.74, 6) is 0.623. The minimum Gasteiger partial charge on any atom is -0.508 e. The van der Waals surface area contributed by atoms with E-state index in [0.29, 0.717) is 75.9 Å². The van der Waals surface area contributed by atoms with Crippen LogP contribution in [0.4, 0.5) is 5.69 Å². The molecule has 4 aliphatic heterocycles. The van der Waals surface area contributed by atoms with Crippen LogP contribution in [0.15, 0.2) is 92.4 Å². The number of aliphatic hydroxyl groups is 5. The number of benzene rings is 3. The zero-order valence-electron chi connectivity index (χ0n) is 38.1. The predicted molar refractivity (Wildman–Crippen MR) is 251 cm³/mol. The molecule has 1 saturated carbocycles. The summed E-state index contributed by atoms with van der Waals surface area (Å²) >= 11 is 0. The number of hydrogen-bond acceptors (Lipinski definition) is 15. The smallest absolute Gasteiger partial charge is 0.226 e. The number of carbonyl (C=O) groups excluding carboxylic acids is 1. The number of carbonyl (C=O) groups is 1. The molecule has 1 saturated heterocycles. The SMILES string of the molecule is CCC1C2=CC=NC2=CN1c1c2c(cc3c(=O)cc(C)oc13)CC(OOCC(O)(Cc1ccc(O)c3ccc(O)cc13)C(O)C(O)C(O)CO)C1(CC=CC(C3CNC(=O)C34CCCCC4)C1)O2. The molecule has 10 rings (SSSR count). The third-order valence-corrected chi connectivity index (χ3v) is 15.7. The number of nitrogens with one attached hydrogen (secondary N) is 1. The van der Waals surface area contributed by atoms with Gasteiger partial charge in [0.2, 0.25) is 5.91 Å². The van der Waals surface area contributed by atoms with E-state index in [1.165, 1.54) is 36.4 Å². The number of allylic oxidation sites excluding steroid dienone is 2. The Hall–Kier alpha value is -5.59. The van der Waals surface area contributed by atoms with Gasteiger partial charge in [0.25, 0.3) is 0 Å². The van der Waals surface area contributed by atoms with Crippen LogP contribution in [-0.2, 0) is 27.4 Å². The van der Waals surface area contributed by atoms with Crippen molar-refractivity contribution in [1.82, 2.24) is 5.32 Å². The first-order chi connectivity index (χ1) is 32.7. The molecule has 8 N–H and O–H groups in total. The van der Waals surface area contributed by atoms with Gasteiger partial charge in [-0.15, -0.1) is 0 Å². The normalized spacial score (nSPS) is 27.2. The molecule has 3 aromatic carbocycles. The first-order valence-corrected chi connectivity index (χ1v) is 23.8. The van der Waals surface area contributed by atoms with Crippen molar-refractivity contribution >= 4 is 39.6 Å². The zero-order valence-corrected chi connectivity index (χ0v) is 38.1. The van der Waals surface area contributed by atoms with E-state index in [1.807, 2.05) is 12.3 Å². The number of hydrogen-bond donors (Lipinski definition) is 8. The second kappa shape index (κ2) is 17.7. The number of rotatable bonds is 13. The maximum Gasteiger partial charge on any atom is 0.226 e. The Labute approximate surface area is 392 Å². The Morgan fingerprint density at radius 2 is 1.84 bits per heavy atom. The van der Waals surface area contributed by atoms with E-state index >= 15 is 0 Å². The van der Waals surface area contributed by atoms with Crippen LogP contribution >= 0.6 is 0 Å². The fourth-order valence-corrected chi connectivity index (χ4v) is 12.1. The molecular formula is C52H59N3O13. The first-order valence-electron chi connectivity index (χ1n) is 23.8. The number of aromatic hydroxyl groups is 2. The molecule has 4 aromatic rings. The van der Waals surface area contributed by atoms with Crippen LogP contribution in [0.1, 0.15) is 75.2 Å². The first kappa shape index (κ1) is 46.2. The van der Waals surface area contributed by atoms with E-state index in [1.54, 1.807) is 19.2 Å². The Morgan fingerprint density at radius 1 is 1.03 bits per heavy atom. The minimum atomic E-state index is -2.42. The summed E-state index contributed by atoms with van der Waals surface area (Å²) in [7, 11) is 0. The van der Waals surface area contributed by atoms with Gasteiger partial charge in [-0.25, -0.2) is 9.78 Å². The van der Waals surface area contributed by atoms with Gasteiger partial charge in [-0.05, 0) is 91.8 Å².